The third-order valence-corrected chi connectivity index (χ3v) is 3.95. The SMILES string of the molecule is CN=C(NCCN1CCOCC1)NCc1ccc(Br)cc1. The van der Waals surface area contributed by atoms with Crippen molar-refractivity contribution in [3.8, 4) is 0 Å². The molecule has 6 heteroatoms. The molecule has 0 aromatic heterocycles. The van der Waals surface area contributed by atoms with E-state index in [1.807, 2.05) is 12.1 Å². The Balaban J connectivity index is 1.67. The van der Waals surface area contributed by atoms with Crippen LogP contribution < -0.4 is 10.6 Å². The minimum absolute atomic E-state index is 0.768. The summed E-state index contributed by atoms with van der Waals surface area (Å²) in [7, 11) is 1.80. The van der Waals surface area contributed by atoms with E-state index < -0.39 is 0 Å². The van der Waals surface area contributed by atoms with Gasteiger partial charge in [0.25, 0.3) is 0 Å². The first-order valence-corrected chi connectivity index (χ1v) is 8.06. The van der Waals surface area contributed by atoms with Crippen molar-refractivity contribution >= 4 is 21.9 Å². The zero-order valence-corrected chi connectivity index (χ0v) is 14.0. The normalized spacial score (nSPS) is 16.8. The maximum Gasteiger partial charge on any atom is 0.191 e. The molecule has 1 aromatic carbocycles. The quantitative estimate of drug-likeness (QED) is 0.620. The van der Waals surface area contributed by atoms with Crippen molar-refractivity contribution in [1.29, 1.82) is 0 Å². The summed E-state index contributed by atoms with van der Waals surface area (Å²) in [5.74, 6) is 0.839. The Kier molecular flexibility index (Phi) is 6.99. The van der Waals surface area contributed by atoms with E-state index in [1.54, 1.807) is 7.05 Å². The molecule has 0 spiro atoms. The number of rotatable bonds is 5. The van der Waals surface area contributed by atoms with Crippen LogP contribution in [0.15, 0.2) is 33.7 Å². The largest absolute Gasteiger partial charge is 0.379 e. The van der Waals surface area contributed by atoms with E-state index in [1.165, 1.54) is 5.56 Å². The first kappa shape index (κ1) is 16.3. The monoisotopic (exact) mass is 354 g/mol. The lowest BCUT2D eigenvalue weighted by Gasteiger charge is -2.26. The Labute approximate surface area is 134 Å². The molecule has 2 rings (SSSR count). The van der Waals surface area contributed by atoms with Crippen LogP contribution in [0.25, 0.3) is 0 Å². The molecule has 1 saturated heterocycles. The van der Waals surface area contributed by atoms with Crippen LogP contribution in [0.3, 0.4) is 0 Å². The lowest BCUT2D eigenvalue weighted by molar-refractivity contribution is 0.0389. The number of hydrogen-bond acceptors (Lipinski definition) is 3. The third kappa shape index (κ3) is 6.03. The van der Waals surface area contributed by atoms with E-state index >= 15 is 0 Å². The number of guanidine groups is 1. The maximum atomic E-state index is 5.34. The second-order valence-corrected chi connectivity index (χ2v) is 5.85. The molecule has 21 heavy (non-hydrogen) atoms. The van der Waals surface area contributed by atoms with Gasteiger partial charge in [-0.15, -0.1) is 0 Å². The van der Waals surface area contributed by atoms with Crippen LogP contribution in [0, 0.1) is 0 Å². The molecule has 1 heterocycles. The van der Waals surface area contributed by atoms with Crippen LogP contribution in [-0.2, 0) is 11.3 Å². The van der Waals surface area contributed by atoms with Crippen molar-refractivity contribution in [2.24, 2.45) is 4.99 Å². The first-order valence-electron chi connectivity index (χ1n) is 7.27. The summed E-state index contributed by atoms with van der Waals surface area (Å²) in [4.78, 5) is 6.65. The molecule has 0 atom stereocenters. The predicted molar refractivity (Wildman–Crippen MR) is 89.6 cm³/mol. The Morgan fingerprint density at radius 3 is 2.62 bits per heavy atom. The molecule has 1 aliphatic rings. The van der Waals surface area contributed by atoms with E-state index in [9.17, 15) is 0 Å². The standard InChI is InChI=1S/C15H23BrN4O/c1-17-15(18-6-7-20-8-10-21-11-9-20)19-12-13-2-4-14(16)5-3-13/h2-5H,6-12H2,1H3,(H2,17,18,19). The van der Waals surface area contributed by atoms with Gasteiger partial charge in [0.15, 0.2) is 5.96 Å². The fraction of sp³-hybridized carbons (Fsp3) is 0.533. The minimum Gasteiger partial charge on any atom is -0.379 e. The fourth-order valence-corrected chi connectivity index (χ4v) is 2.43. The fourth-order valence-electron chi connectivity index (χ4n) is 2.17. The molecule has 5 nitrogen and oxygen atoms in total. The summed E-state index contributed by atoms with van der Waals surface area (Å²) in [6, 6.07) is 8.29. The molecular formula is C15H23BrN4O. The average Bonchev–Trinajstić information content (AvgIpc) is 2.53. The van der Waals surface area contributed by atoms with Crippen molar-refractivity contribution in [2.45, 2.75) is 6.54 Å². The molecule has 0 amide bonds. The van der Waals surface area contributed by atoms with Crippen LogP contribution in [-0.4, -0.2) is 57.3 Å². The molecule has 0 radical (unpaired) electrons. The van der Waals surface area contributed by atoms with Gasteiger partial charge in [0.1, 0.15) is 0 Å². The van der Waals surface area contributed by atoms with Crippen molar-refractivity contribution in [3.63, 3.8) is 0 Å². The number of nitrogens with zero attached hydrogens (tertiary/aromatic N) is 2. The van der Waals surface area contributed by atoms with Gasteiger partial charge in [-0.3, -0.25) is 9.89 Å². The van der Waals surface area contributed by atoms with Gasteiger partial charge in [-0.05, 0) is 17.7 Å². The van der Waals surface area contributed by atoms with E-state index in [4.69, 9.17) is 4.74 Å². The van der Waals surface area contributed by atoms with Gasteiger partial charge in [0.05, 0.1) is 13.2 Å². The Morgan fingerprint density at radius 1 is 1.24 bits per heavy atom. The summed E-state index contributed by atoms with van der Waals surface area (Å²) < 4.78 is 6.44. The molecule has 2 N–H and O–H groups in total. The molecule has 0 unspecified atom stereocenters. The molecule has 0 saturated carbocycles. The maximum absolute atomic E-state index is 5.34. The van der Waals surface area contributed by atoms with Crippen LogP contribution in [0.1, 0.15) is 5.56 Å². The number of aliphatic imine (C=N–C) groups is 1. The highest BCUT2D eigenvalue weighted by molar-refractivity contribution is 9.10. The van der Waals surface area contributed by atoms with Crippen molar-refractivity contribution < 1.29 is 4.74 Å². The van der Waals surface area contributed by atoms with E-state index in [0.717, 1.165) is 56.4 Å². The van der Waals surface area contributed by atoms with Gasteiger partial charge in [0.2, 0.25) is 0 Å². The van der Waals surface area contributed by atoms with Crippen LogP contribution in [0.4, 0.5) is 0 Å². The Bertz CT molecular complexity index is 443. The van der Waals surface area contributed by atoms with E-state index in [-0.39, 0.29) is 0 Å². The number of nitrogens with one attached hydrogen (secondary N) is 2. The van der Waals surface area contributed by atoms with Gasteiger partial charge in [-0.25, -0.2) is 0 Å². The van der Waals surface area contributed by atoms with Crippen LogP contribution in [0.2, 0.25) is 0 Å². The molecule has 1 fully saturated rings. The number of morpholine rings is 1. The lowest BCUT2D eigenvalue weighted by Crippen LogP contribution is -2.44. The molecular weight excluding hydrogens is 332 g/mol. The van der Waals surface area contributed by atoms with Gasteiger partial charge in [-0.1, -0.05) is 28.1 Å². The van der Waals surface area contributed by atoms with E-state index in [0.29, 0.717) is 0 Å². The average molecular weight is 355 g/mol. The first-order chi connectivity index (χ1) is 10.3. The van der Waals surface area contributed by atoms with Crippen LogP contribution in [0.5, 0.6) is 0 Å². The predicted octanol–water partition coefficient (Wildman–Crippen LogP) is 1.45. The van der Waals surface area contributed by atoms with Crippen molar-refractivity contribution in [3.05, 3.63) is 34.3 Å². The summed E-state index contributed by atoms with van der Waals surface area (Å²) in [6.45, 7) is 6.40. The molecule has 0 bridgehead atoms. The number of ether oxygens (including phenoxy) is 1. The van der Waals surface area contributed by atoms with E-state index in [2.05, 4.69) is 48.6 Å². The minimum atomic E-state index is 0.768. The number of hydrogen-bond donors (Lipinski definition) is 2. The highest BCUT2D eigenvalue weighted by Gasteiger charge is 2.09. The molecule has 116 valence electrons. The highest BCUT2D eigenvalue weighted by Crippen LogP contribution is 2.10. The summed E-state index contributed by atoms with van der Waals surface area (Å²) in [5.41, 5.74) is 1.23. The number of benzene rings is 1. The zero-order chi connectivity index (χ0) is 14.9. The van der Waals surface area contributed by atoms with Gasteiger partial charge >= 0.3 is 0 Å². The van der Waals surface area contributed by atoms with Gasteiger partial charge in [0, 0.05) is 44.2 Å². The second kappa shape index (κ2) is 9.02. The Morgan fingerprint density at radius 2 is 1.95 bits per heavy atom. The van der Waals surface area contributed by atoms with Gasteiger partial charge in [-0.2, -0.15) is 0 Å². The molecule has 1 aromatic rings. The van der Waals surface area contributed by atoms with Crippen molar-refractivity contribution in [1.82, 2.24) is 15.5 Å². The molecule has 1 aliphatic heterocycles. The summed E-state index contributed by atoms with van der Waals surface area (Å²) in [6.07, 6.45) is 0. The van der Waals surface area contributed by atoms with Gasteiger partial charge < -0.3 is 15.4 Å². The number of halogens is 1. The highest BCUT2D eigenvalue weighted by atomic mass is 79.9. The smallest absolute Gasteiger partial charge is 0.191 e. The molecule has 0 aliphatic carbocycles. The third-order valence-electron chi connectivity index (χ3n) is 3.42. The second-order valence-electron chi connectivity index (χ2n) is 4.93. The summed E-state index contributed by atoms with van der Waals surface area (Å²) >= 11 is 3.44. The lowest BCUT2D eigenvalue weighted by atomic mass is 10.2. The summed E-state index contributed by atoms with van der Waals surface area (Å²) in [5, 5.41) is 6.67. The Hall–Kier alpha value is -1.11. The van der Waals surface area contributed by atoms with Crippen molar-refractivity contribution in [2.75, 3.05) is 46.4 Å². The topological polar surface area (TPSA) is 48.9 Å². The van der Waals surface area contributed by atoms with Crippen LogP contribution >= 0.6 is 15.9 Å². The zero-order valence-electron chi connectivity index (χ0n) is 12.4.